The van der Waals surface area contributed by atoms with Crippen LogP contribution in [0.1, 0.15) is 110 Å². The van der Waals surface area contributed by atoms with Crippen LogP contribution < -0.4 is 0 Å². The Morgan fingerprint density at radius 3 is 1.00 bits per heavy atom. The van der Waals surface area contributed by atoms with Gasteiger partial charge in [0.25, 0.3) is 0 Å². The molecule has 0 unspecified atom stereocenters. The quantitative estimate of drug-likeness (QED) is 0.472. The van der Waals surface area contributed by atoms with Gasteiger partial charge in [0.15, 0.2) is 0 Å². The highest BCUT2D eigenvalue weighted by Gasteiger charge is 2.58. The van der Waals surface area contributed by atoms with Gasteiger partial charge in [-0.3, -0.25) is 0 Å². The summed E-state index contributed by atoms with van der Waals surface area (Å²) in [6, 6.07) is 0. The predicted molar refractivity (Wildman–Crippen MR) is 103 cm³/mol. The molecule has 3 rings (SSSR count). The van der Waals surface area contributed by atoms with Crippen LogP contribution in [0.2, 0.25) is 0 Å². The van der Waals surface area contributed by atoms with Gasteiger partial charge in [-0.15, -0.1) is 0 Å². The van der Waals surface area contributed by atoms with Gasteiger partial charge in [0.2, 0.25) is 0 Å². The highest BCUT2D eigenvalue weighted by Crippen LogP contribution is 2.79. The molecule has 0 N–H and O–H groups in total. The van der Waals surface area contributed by atoms with Gasteiger partial charge in [0, 0.05) is 7.26 Å². The minimum Gasteiger partial charge on any atom is -0.0530 e. The Labute approximate surface area is 140 Å². The van der Waals surface area contributed by atoms with Crippen molar-refractivity contribution in [3.63, 3.8) is 0 Å². The third kappa shape index (κ3) is 3.29. The van der Waals surface area contributed by atoms with E-state index in [4.69, 9.17) is 0 Å². The molecule has 0 radical (unpaired) electrons. The van der Waals surface area contributed by atoms with E-state index in [1.165, 1.54) is 36.2 Å². The molecule has 3 aliphatic rings. The lowest BCUT2D eigenvalue weighted by atomic mass is 9.99. The summed E-state index contributed by atoms with van der Waals surface area (Å²) in [6.45, 7) is 5.32. The third-order valence-corrected chi connectivity index (χ3v) is 14.6. The van der Waals surface area contributed by atoms with Crippen molar-refractivity contribution in [3.05, 3.63) is 0 Å². The molecular formula is C21H40P+. The Balaban J connectivity index is 1.92. The Hall–Kier alpha value is 0.430. The topological polar surface area (TPSA) is 0 Å². The number of hydrogen-bond acceptors (Lipinski definition) is 0. The van der Waals surface area contributed by atoms with Gasteiger partial charge in [-0.05, 0) is 90.9 Å². The average Bonchev–Trinajstić information content (AvgIpc) is 2.58. The molecule has 0 bridgehead atoms. The van der Waals surface area contributed by atoms with E-state index in [-0.39, 0.29) is 0 Å². The maximum atomic E-state index is 2.66. The summed E-state index contributed by atoms with van der Waals surface area (Å²) in [6.07, 6.45) is 23.6. The first kappa shape index (κ1) is 17.3. The van der Waals surface area contributed by atoms with Gasteiger partial charge in [0.05, 0.1) is 22.6 Å². The highest BCUT2D eigenvalue weighted by atomic mass is 31.2. The van der Waals surface area contributed by atoms with E-state index in [2.05, 4.69) is 13.8 Å². The zero-order valence-electron chi connectivity index (χ0n) is 15.4. The van der Waals surface area contributed by atoms with Crippen LogP contribution in [0.3, 0.4) is 0 Å². The Morgan fingerprint density at radius 1 is 0.500 bits per heavy atom. The predicted octanol–water partition coefficient (Wildman–Crippen LogP) is 7.41. The molecule has 0 aromatic carbocycles. The SMILES string of the molecule is CC(C)[P+](C1CCCCC1)(C1CCCCC1)C1CCCCC1. The van der Waals surface area contributed by atoms with E-state index in [1.54, 1.807) is 77.0 Å². The molecule has 0 nitrogen and oxygen atoms in total. The zero-order chi connectivity index (χ0) is 15.4. The van der Waals surface area contributed by atoms with E-state index in [0.717, 1.165) is 5.66 Å². The number of hydrogen-bond donors (Lipinski definition) is 0. The van der Waals surface area contributed by atoms with Crippen LogP contribution in [0.5, 0.6) is 0 Å². The van der Waals surface area contributed by atoms with Crippen LogP contribution in [0, 0.1) is 0 Å². The van der Waals surface area contributed by atoms with E-state index < -0.39 is 7.26 Å². The average molecular weight is 324 g/mol. The van der Waals surface area contributed by atoms with E-state index in [1.807, 2.05) is 0 Å². The summed E-state index contributed by atoms with van der Waals surface area (Å²) in [5, 5.41) is 0. The monoisotopic (exact) mass is 323 g/mol. The molecule has 0 amide bonds. The Bertz CT molecular complexity index is 271. The molecule has 3 saturated carbocycles. The van der Waals surface area contributed by atoms with Crippen LogP contribution in [0.4, 0.5) is 0 Å². The van der Waals surface area contributed by atoms with E-state index >= 15 is 0 Å². The van der Waals surface area contributed by atoms with E-state index in [9.17, 15) is 0 Å². The molecule has 0 heterocycles. The lowest BCUT2D eigenvalue weighted by Crippen LogP contribution is -2.40. The van der Waals surface area contributed by atoms with E-state index in [0.29, 0.717) is 0 Å². The third-order valence-electron chi connectivity index (χ3n) is 7.52. The highest BCUT2D eigenvalue weighted by molar-refractivity contribution is 7.78. The van der Waals surface area contributed by atoms with Crippen molar-refractivity contribution in [2.45, 2.75) is 133 Å². The van der Waals surface area contributed by atoms with Crippen LogP contribution in [0.15, 0.2) is 0 Å². The summed E-state index contributed by atoms with van der Waals surface area (Å²) in [7, 11) is -0.794. The number of rotatable bonds is 4. The van der Waals surface area contributed by atoms with Crippen molar-refractivity contribution in [3.8, 4) is 0 Å². The molecule has 3 aliphatic carbocycles. The fourth-order valence-electron chi connectivity index (χ4n) is 6.74. The van der Waals surface area contributed by atoms with Gasteiger partial charge < -0.3 is 0 Å². The lowest BCUT2D eigenvalue weighted by Gasteiger charge is -2.51. The van der Waals surface area contributed by atoms with Gasteiger partial charge in [0.1, 0.15) is 0 Å². The summed E-state index contributed by atoms with van der Waals surface area (Å²) in [5.74, 6) is 0. The smallest absolute Gasteiger partial charge is 0.0530 e. The Morgan fingerprint density at radius 2 is 0.773 bits per heavy atom. The molecule has 1 heteroatoms. The Kier molecular flexibility index (Phi) is 6.28. The fraction of sp³-hybridized carbons (Fsp3) is 1.00. The van der Waals surface area contributed by atoms with Crippen LogP contribution in [-0.2, 0) is 0 Å². The van der Waals surface area contributed by atoms with Crippen molar-refractivity contribution in [1.29, 1.82) is 0 Å². The second-order valence-electron chi connectivity index (χ2n) is 8.86. The standard InChI is InChI=1S/C21H40P/c1-18(2)22(19-12-6-3-7-13-19,20-14-8-4-9-15-20)21-16-10-5-11-17-21/h18-21H,3-17H2,1-2H3/q+1. The summed E-state index contributed by atoms with van der Waals surface area (Å²) >= 11 is 0. The molecule has 3 fully saturated rings. The van der Waals surface area contributed by atoms with Crippen LogP contribution in [-0.4, -0.2) is 22.6 Å². The molecule has 128 valence electrons. The molecule has 0 aromatic heterocycles. The molecule has 0 atom stereocenters. The van der Waals surface area contributed by atoms with Crippen molar-refractivity contribution in [1.82, 2.24) is 0 Å². The minimum atomic E-state index is -0.794. The van der Waals surface area contributed by atoms with Gasteiger partial charge >= 0.3 is 0 Å². The maximum absolute atomic E-state index is 2.66. The first-order valence-corrected chi connectivity index (χ1v) is 12.7. The zero-order valence-corrected chi connectivity index (χ0v) is 16.3. The normalized spacial score (nSPS) is 27.4. The maximum Gasteiger partial charge on any atom is 0.0705 e. The molecule has 0 spiro atoms. The van der Waals surface area contributed by atoms with Gasteiger partial charge in [-0.1, -0.05) is 19.3 Å². The summed E-state index contributed by atoms with van der Waals surface area (Å²) in [5.41, 5.74) is 4.54. The van der Waals surface area contributed by atoms with Crippen molar-refractivity contribution >= 4 is 7.26 Å². The molecule has 0 aromatic rings. The van der Waals surface area contributed by atoms with Gasteiger partial charge in [-0.2, -0.15) is 0 Å². The van der Waals surface area contributed by atoms with Crippen molar-refractivity contribution in [2.24, 2.45) is 0 Å². The lowest BCUT2D eigenvalue weighted by molar-refractivity contribution is 0.447. The molecular weight excluding hydrogens is 283 g/mol. The van der Waals surface area contributed by atoms with Crippen molar-refractivity contribution < 1.29 is 0 Å². The molecule has 0 saturated heterocycles. The molecule has 22 heavy (non-hydrogen) atoms. The van der Waals surface area contributed by atoms with Crippen LogP contribution in [0.25, 0.3) is 0 Å². The second-order valence-corrected chi connectivity index (χ2v) is 13.9. The largest absolute Gasteiger partial charge is 0.0705 e. The van der Waals surface area contributed by atoms with Crippen molar-refractivity contribution in [2.75, 3.05) is 0 Å². The summed E-state index contributed by atoms with van der Waals surface area (Å²) < 4.78 is 0. The van der Waals surface area contributed by atoms with Crippen LogP contribution >= 0.6 is 7.26 Å². The second kappa shape index (κ2) is 8.00. The first-order chi connectivity index (χ1) is 10.8. The first-order valence-electron chi connectivity index (χ1n) is 10.6. The fourth-order valence-corrected chi connectivity index (χ4v) is 14.8. The minimum absolute atomic E-state index is 0.794. The summed E-state index contributed by atoms with van der Waals surface area (Å²) in [4.78, 5) is 0. The molecule has 0 aliphatic heterocycles. The van der Waals surface area contributed by atoms with Gasteiger partial charge in [-0.25, -0.2) is 0 Å².